The van der Waals surface area contributed by atoms with Gasteiger partial charge in [0.05, 0.1) is 17.6 Å². The van der Waals surface area contributed by atoms with Gasteiger partial charge in [-0.15, -0.1) is 0 Å². The quantitative estimate of drug-likeness (QED) is 0.611. The molecule has 1 aliphatic rings. The molecule has 2 aromatic carbocycles. The molecule has 1 aromatic heterocycles. The summed E-state index contributed by atoms with van der Waals surface area (Å²) in [5.74, 6) is 0.994. The SMILES string of the molecule is CC(C)(C)OC(=O)NC[C@H]1CCCN(c2nc3ccccc3n2Cc2ccc(F)cc2)C1. The number of fused-ring (bicyclic) bond motifs is 1. The van der Waals surface area contributed by atoms with Crippen LogP contribution in [-0.4, -0.2) is 40.9 Å². The topological polar surface area (TPSA) is 59.4 Å². The number of rotatable bonds is 5. The maximum atomic E-state index is 13.4. The second-order valence-corrected chi connectivity index (χ2v) is 9.45. The number of amides is 1. The maximum Gasteiger partial charge on any atom is 0.407 e. The van der Waals surface area contributed by atoms with Crippen LogP contribution in [0.25, 0.3) is 11.0 Å². The Morgan fingerprint density at radius 2 is 1.94 bits per heavy atom. The van der Waals surface area contributed by atoms with E-state index in [2.05, 4.69) is 20.9 Å². The largest absolute Gasteiger partial charge is 0.444 e. The first kappa shape index (κ1) is 22.1. The first-order valence-electron chi connectivity index (χ1n) is 11.2. The molecule has 1 aliphatic heterocycles. The molecule has 0 aliphatic carbocycles. The van der Waals surface area contributed by atoms with Gasteiger partial charge in [0.2, 0.25) is 5.95 Å². The maximum absolute atomic E-state index is 13.4. The molecule has 7 heteroatoms. The van der Waals surface area contributed by atoms with Crippen LogP contribution in [0.1, 0.15) is 39.2 Å². The van der Waals surface area contributed by atoms with Crippen molar-refractivity contribution in [3.63, 3.8) is 0 Å². The normalized spacial score (nSPS) is 16.9. The third kappa shape index (κ3) is 5.39. The van der Waals surface area contributed by atoms with E-state index < -0.39 is 5.60 Å². The van der Waals surface area contributed by atoms with Crippen molar-refractivity contribution in [3.05, 3.63) is 59.9 Å². The number of carbonyl (C=O) groups is 1. The summed E-state index contributed by atoms with van der Waals surface area (Å²) < 4.78 is 21.0. The van der Waals surface area contributed by atoms with E-state index in [0.717, 1.165) is 48.5 Å². The first-order chi connectivity index (χ1) is 15.3. The third-order valence-electron chi connectivity index (χ3n) is 5.62. The zero-order chi connectivity index (χ0) is 22.7. The van der Waals surface area contributed by atoms with Gasteiger partial charge in [-0.05, 0) is 69.4 Å². The number of anilines is 1. The lowest BCUT2D eigenvalue weighted by atomic mass is 9.98. The molecule has 0 saturated carbocycles. The number of halogens is 1. The Morgan fingerprint density at radius 3 is 2.69 bits per heavy atom. The highest BCUT2D eigenvalue weighted by Crippen LogP contribution is 2.28. The molecule has 32 heavy (non-hydrogen) atoms. The molecule has 1 saturated heterocycles. The molecule has 6 nitrogen and oxygen atoms in total. The zero-order valence-electron chi connectivity index (χ0n) is 19.0. The van der Waals surface area contributed by atoms with Gasteiger partial charge in [0, 0.05) is 19.6 Å². The monoisotopic (exact) mass is 438 g/mol. The van der Waals surface area contributed by atoms with Gasteiger partial charge >= 0.3 is 6.09 Å². The fraction of sp³-hybridized carbons (Fsp3) is 0.440. The minimum Gasteiger partial charge on any atom is -0.444 e. The number of carbonyl (C=O) groups excluding carboxylic acids is 1. The van der Waals surface area contributed by atoms with Gasteiger partial charge in [-0.3, -0.25) is 0 Å². The molecule has 3 aromatic rings. The Bertz CT molecular complexity index is 1070. The lowest BCUT2D eigenvalue weighted by Gasteiger charge is -2.34. The Labute approximate surface area is 188 Å². The van der Waals surface area contributed by atoms with Crippen LogP contribution < -0.4 is 10.2 Å². The van der Waals surface area contributed by atoms with Crippen molar-refractivity contribution in [1.82, 2.24) is 14.9 Å². The van der Waals surface area contributed by atoms with Crippen molar-refractivity contribution in [2.24, 2.45) is 5.92 Å². The van der Waals surface area contributed by atoms with Crippen LogP contribution in [0.4, 0.5) is 15.1 Å². The number of nitrogens with zero attached hydrogens (tertiary/aromatic N) is 3. The second kappa shape index (κ2) is 9.18. The molecule has 0 bridgehead atoms. The van der Waals surface area contributed by atoms with Crippen molar-refractivity contribution in [2.75, 3.05) is 24.5 Å². The predicted octanol–water partition coefficient (Wildman–Crippen LogP) is 4.96. The Hall–Kier alpha value is -3.09. The second-order valence-electron chi connectivity index (χ2n) is 9.45. The van der Waals surface area contributed by atoms with Crippen LogP contribution in [0, 0.1) is 11.7 Å². The van der Waals surface area contributed by atoms with E-state index in [-0.39, 0.29) is 11.9 Å². The molecular formula is C25H31FN4O2. The third-order valence-corrected chi connectivity index (χ3v) is 5.62. The van der Waals surface area contributed by atoms with Gasteiger partial charge in [0.1, 0.15) is 11.4 Å². The molecule has 1 N–H and O–H groups in total. The van der Waals surface area contributed by atoms with E-state index in [9.17, 15) is 9.18 Å². The molecule has 4 rings (SSSR count). The van der Waals surface area contributed by atoms with E-state index in [1.807, 2.05) is 51.1 Å². The van der Waals surface area contributed by atoms with E-state index in [1.165, 1.54) is 12.1 Å². The molecule has 2 heterocycles. The summed E-state index contributed by atoms with van der Waals surface area (Å²) in [6.07, 6.45) is 1.70. The number of nitrogens with one attached hydrogen (secondary N) is 1. The number of para-hydroxylation sites is 2. The molecule has 0 unspecified atom stereocenters. The lowest BCUT2D eigenvalue weighted by molar-refractivity contribution is 0.0517. The molecular weight excluding hydrogens is 407 g/mol. The van der Waals surface area contributed by atoms with Crippen molar-refractivity contribution in [2.45, 2.75) is 45.8 Å². The summed E-state index contributed by atoms with van der Waals surface area (Å²) in [5.41, 5.74) is 2.52. The van der Waals surface area contributed by atoms with Crippen LogP contribution in [0.3, 0.4) is 0 Å². The van der Waals surface area contributed by atoms with Crippen molar-refractivity contribution in [3.8, 4) is 0 Å². The molecule has 1 atom stereocenters. The van der Waals surface area contributed by atoms with Gasteiger partial charge in [0.25, 0.3) is 0 Å². The van der Waals surface area contributed by atoms with Gasteiger partial charge < -0.3 is 19.5 Å². The highest BCUT2D eigenvalue weighted by atomic mass is 19.1. The molecule has 0 radical (unpaired) electrons. The van der Waals surface area contributed by atoms with Gasteiger partial charge in [-0.2, -0.15) is 0 Å². The van der Waals surface area contributed by atoms with Crippen LogP contribution in [0.5, 0.6) is 0 Å². The minimum absolute atomic E-state index is 0.235. The van der Waals surface area contributed by atoms with Crippen LogP contribution >= 0.6 is 0 Å². The van der Waals surface area contributed by atoms with Crippen LogP contribution in [0.2, 0.25) is 0 Å². The number of imidazole rings is 1. The summed E-state index contributed by atoms with van der Waals surface area (Å²) in [4.78, 5) is 19.3. The number of piperidine rings is 1. The zero-order valence-corrected chi connectivity index (χ0v) is 19.0. The summed E-state index contributed by atoms with van der Waals surface area (Å²) in [7, 11) is 0. The first-order valence-corrected chi connectivity index (χ1v) is 11.2. The molecule has 1 fully saturated rings. The highest BCUT2D eigenvalue weighted by Gasteiger charge is 2.25. The number of benzene rings is 2. The summed E-state index contributed by atoms with van der Waals surface area (Å²) in [6.45, 7) is 8.50. The number of hydrogen-bond acceptors (Lipinski definition) is 4. The van der Waals surface area contributed by atoms with Gasteiger partial charge in [-0.25, -0.2) is 14.2 Å². The smallest absolute Gasteiger partial charge is 0.407 e. The van der Waals surface area contributed by atoms with E-state index >= 15 is 0 Å². The average molecular weight is 439 g/mol. The molecule has 0 spiro atoms. The fourth-order valence-electron chi connectivity index (χ4n) is 4.19. The fourth-order valence-corrected chi connectivity index (χ4v) is 4.19. The average Bonchev–Trinajstić information content (AvgIpc) is 3.11. The standard InChI is InChI=1S/C25H31FN4O2/c1-25(2,3)32-24(31)27-15-19-7-6-14-29(16-19)23-28-21-8-4-5-9-22(21)30(23)17-18-10-12-20(26)13-11-18/h4-5,8-13,19H,6-7,14-17H2,1-3H3,(H,27,31)/t19-/m1/s1. The summed E-state index contributed by atoms with van der Waals surface area (Å²) in [6, 6.07) is 14.7. The van der Waals surface area contributed by atoms with Crippen molar-refractivity contribution < 1.29 is 13.9 Å². The molecule has 170 valence electrons. The summed E-state index contributed by atoms with van der Waals surface area (Å²) >= 11 is 0. The number of alkyl carbamates (subject to hydrolysis) is 1. The van der Waals surface area contributed by atoms with E-state index in [0.29, 0.717) is 19.0 Å². The van der Waals surface area contributed by atoms with Gasteiger partial charge in [-0.1, -0.05) is 24.3 Å². The van der Waals surface area contributed by atoms with Crippen molar-refractivity contribution in [1.29, 1.82) is 0 Å². The predicted molar refractivity (Wildman–Crippen MR) is 124 cm³/mol. The van der Waals surface area contributed by atoms with Gasteiger partial charge in [0.15, 0.2) is 0 Å². The van der Waals surface area contributed by atoms with Crippen molar-refractivity contribution >= 4 is 23.1 Å². The number of aromatic nitrogens is 2. The Morgan fingerprint density at radius 1 is 1.19 bits per heavy atom. The van der Waals surface area contributed by atoms with E-state index in [1.54, 1.807) is 0 Å². The van der Waals surface area contributed by atoms with Crippen LogP contribution in [-0.2, 0) is 11.3 Å². The minimum atomic E-state index is -0.506. The Balaban J connectivity index is 1.52. The molecule has 1 amide bonds. The number of ether oxygens (including phenoxy) is 1. The summed E-state index contributed by atoms with van der Waals surface area (Å²) in [5, 5.41) is 2.92. The van der Waals surface area contributed by atoms with Crippen LogP contribution in [0.15, 0.2) is 48.5 Å². The Kier molecular flexibility index (Phi) is 6.35. The lowest BCUT2D eigenvalue weighted by Crippen LogP contribution is -2.43. The highest BCUT2D eigenvalue weighted by molar-refractivity contribution is 5.79. The van der Waals surface area contributed by atoms with E-state index in [4.69, 9.17) is 9.72 Å². The number of hydrogen-bond donors (Lipinski definition) is 1.